The number of rotatable bonds is 5. The van der Waals surface area contributed by atoms with E-state index in [1.165, 1.54) is 16.9 Å². The topological polar surface area (TPSA) is 81.9 Å². The summed E-state index contributed by atoms with van der Waals surface area (Å²) >= 11 is 0. The zero-order chi connectivity index (χ0) is 16.9. The maximum atomic E-state index is 12.9. The molecule has 2 aromatic carbocycles. The first kappa shape index (κ1) is 15.6. The van der Waals surface area contributed by atoms with E-state index in [0.29, 0.717) is 22.8 Å². The van der Waals surface area contributed by atoms with Gasteiger partial charge in [-0.05, 0) is 41.6 Å². The van der Waals surface area contributed by atoms with Crippen LogP contribution in [0.15, 0.2) is 48.5 Å². The molecule has 0 aliphatic rings. The number of benzene rings is 2. The summed E-state index contributed by atoms with van der Waals surface area (Å²) in [6.45, 7) is -0.0919. The molecule has 0 aliphatic carbocycles. The Morgan fingerprint density at radius 3 is 2.79 bits per heavy atom. The van der Waals surface area contributed by atoms with Crippen molar-refractivity contribution >= 4 is 11.6 Å². The van der Waals surface area contributed by atoms with E-state index in [2.05, 4.69) is 20.7 Å². The number of carbonyl (C=O) groups excluding carboxylic acids is 1. The van der Waals surface area contributed by atoms with Gasteiger partial charge < -0.3 is 10.1 Å². The summed E-state index contributed by atoms with van der Waals surface area (Å²) in [5.41, 5.74) is 1.23. The predicted molar refractivity (Wildman–Crippen MR) is 84.8 cm³/mol. The molecule has 1 aromatic heterocycles. The molecule has 0 unspecified atom stereocenters. The molecule has 122 valence electrons. The van der Waals surface area contributed by atoms with Gasteiger partial charge in [-0.3, -0.25) is 4.79 Å². The Morgan fingerprint density at radius 2 is 2.04 bits per heavy atom. The molecule has 0 bridgehead atoms. The number of amides is 1. The SMILES string of the molecule is COc1cccc(NC(=O)Cn2nnc(-c3ccc(F)cc3)n2)c1. The summed E-state index contributed by atoms with van der Waals surface area (Å²) in [5, 5.41) is 14.5. The number of carbonyl (C=O) groups is 1. The zero-order valence-electron chi connectivity index (χ0n) is 12.8. The van der Waals surface area contributed by atoms with Gasteiger partial charge in [-0.15, -0.1) is 10.2 Å². The number of nitrogens with one attached hydrogen (secondary N) is 1. The van der Waals surface area contributed by atoms with Crippen molar-refractivity contribution < 1.29 is 13.9 Å². The van der Waals surface area contributed by atoms with Crippen LogP contribution in [0.4, 0.5) is 10.1 Å². The van der Waals surface area contributed by atoms with Gasteiger partial charge in [0.1, 0.15) is 18.1 Å². The van der Waals surface area contributed by atoms with Crippen molar-refractivity contribution in [1.82, 2.24) is 20.2 Å². The minimum atomic E-state index is -0.344. The highest BCUT2D eigenvalue weighted by Crippen LogP contribution is 2.17. The van der Waals surface area contributed by atoms with E-state index in [9.17, 15) is 9.18 Å². The summed E-state index contributed by atoms with van der Waals surface area (Å²) in [6.07, 6.45) is 0. The molecule has 0 aliphatic heterocycles. The van der Waals surface area contributed by atoms with Crippen LogP contribution in [0, 0.1) is 5.82 Å². The molecule has 3 rings (SSSR count). The maximum Gasteiger partial charge on any atom is 0.248 e. The van der Waals surface area contributed by atoms with E-state index >= 15 is 0 Å². The van der Waals surface area contributed by atoms with Gasteiger partial charge in [-0.25, -0.2) is 4.39 Å². The Kier molecular flexibility index (Phi) is 4.46. The number of ether oxygens (including phenoxy) is 1. The molecule has 0 fully saturated rings. The van der Waals surface area contributed by atoms with Gasteiger partial charge in [0.2, 0.25) is 11.7 Å². The lowest BCUT2D eigenvalue weighted by Crippen LogP contribution is -2.20. The quantitative estimate of drug-likeness (QED) is 0.776. The molecule has 0 spiro atoms. The number of nitrogens with zero attached hydrogens (tertiary/aromatic N) is 4. The Hall–Kier alpha value is -3.29. The number of aromatic nitrogens is 4. The first-order valence-corrected chi connectivity index (χ1v) is 7.12. The highest BCUT2D eigenvalue weighted by Gasteiger charge is 2.10. The van der Waals surface area contributed by atoms with E-state index in [1.54, 1.807) is 43.5 Å². The third kappa shape index (κ3) is 3.72. The van der Waals surface area contributed by atoms with E-state index in [-0.39, 0.29) is 18.3 Å². The first-order valence-electron chi connectivity index (χ1n) is 7.12. The van der Waals surface area contributed by atoms with Crippen LogP contribution in [0.1, 0.15) is 0 Å². The first-order chi connectivity index (χ1) is 11.6. The second-order valence-corrected chi connectivity index (χ2v) is 4.93. The Morgan fingerprint density at radius 1 is 1.25 bits per heavy atom. The summed E-state index contributed by atoms with van der Waals surface area (Å²) in [7, 11) is 1.55. The lowest BCUT2D eigenvalue weighted by molar-refractivity contribution is -0.117. The van der Waals surface area contributed by atoms with E-state index in [0.717, 1.165) is 0 Å². The molecule has 24 heavy (non-hydrogen) atoms. The number of tetrazole rings is 1. The van der Waals surface area contributed by atoms with Crippen molar-refractivity contribution in [3.8, 4) is 17.1 Å². The molecule has 0 radical (unpaired) electrons. The van der Waals surface area contributed by atoms with Crippen LogP contribution in [-0.2, 0) is 11.3 Å². The number of anilines is 1. The highest BCUT2D eigenvalue weighted by atomic mass is 19.1. The van der Waals surface area contributed by atoms with Crippen LogP contribution in [0.5, 0.6) is 5.75 Å². The minimum Gasteiger partial charge on any atom is -0.497 e. The summed E-state index contributed by atoms with van der Waals surface area (Å²) in [4.78, 5) is 13.2. The fourth-order valence-corrected chi connectivity index (χ4v) is 2.05. The van der Waals surface area contributed by atoms with Crippen LogP contribution in [-0.4, -0.2) is 33.2 Å². The van der Waals surface area contributed by atoms with Crippen LogP contribution in [0.2, 0.25) is 0 Å². The summed E-state index contributed by atoms with van der Waals surface area (Å²) in [6, 6.07) is 12.7. The molecule has 0 saturated carbocycles. The highest BCUT2D eigenvalue weighted by molar-refractivity contribution is 5.90. The number of hydrogen-bond donors (Lipinski definition) is 1. The zero-order valence-corrected chi connectivity index (χ0v) is 12.8. The molecule has 1 heterocycles. The number of methoxy groups -OCH3 is 1. The summed E-state index contributed by atoms with van der Waals surface area (Å²) < 4.78 is 18.0. The van der Waals surface area contributed by atoms with Gasteiger partial charge in [-0.2, -0.15) is 4.80 Å². The van der Waals surface area contributed by atoms with Crippen molar-refractivity contribution in [2.75, 3.05) is 12.4 Å². The standard InChI is InChI=1S/C16H14FN5O2/c1-24-14-4-2-3-13(9-14)18-15(23)10-22-20-16(19-21-22)11-5-7-12(17)8-6-11/h2-9H,10H2,1H3,(H,18,23). The van der Waals surface area contributed by atoms with E-state index in [4.69, 9.17) is 4.74 Å². The lowest BCUT2D eigenvalue weighted by atomic mass is 10.2. The van der Waals surface area contributed by atoms with Crippen molar-refractivity contribution in [3.63, 3.8) is 0 Å². The molecule has 3 aromatic rings. The van der Waals surface area contributed by atoms with Gasteiger partial charge in [-0.1, -0.05) is 6.07 Å². The molecule has 0 atom stereocenters. The number of halogens is 1. The van der Waals surface area contributed by atoms with Crippen molar-refractivity contribution in [3.05, 3.63) is 54.3 Å². The molecule has 7 nitrogen and oxygen atoms in total. The Bertz CT molecular complexity index is 848. The predicted octanol–water partition coefficient (Wildman–Crippen LogP) is 2.13. The molecular formula is C16H14FN5O2. The summed E-state index contributed by atoms with van der Waals surface area (Å²) in [5.74, 6) is 0.324. The Labute approximate surface area is 137 Å². The minimum absolute atomic E-state index is 0.0919. The van der Waals surface area contributed by atoms with Gasteiger partial charge >= 0.3 is 0 Å². The fourth-order valence-electron chi connectivity index (χ4n) is 2.05. The van der Waals surface area contributed by atoms with Gasteiger partial charge in [0.25, 0.3) is 0 Å². The monoisotopic (exact) mass is 327 g/mol. The smallest absolute Gasteiger partial charge is 0.248 e. The fraction of sp³-hybridized carbons (Fsp3) is 0.125. The number of hydrogen-bond acceptors (Lipinski definition) is 5. The molecule has 8 heteroatoms. The average molecular weight is 327 g/mol. The van der Waals surface area contributed by atoms with E-state index in [1.807, 2.05) is 0 Å². The van der Waals surface area contributed by atoms with Crippen molar-refractivity contribution in [2.24, 2.45) is 0 Å². The molecule has 1 N–H and O–H groups in total. The van der Waals surface area contributed by atoms with Crippen molar-refractivity contribution in [2.45, 2.75) is 6.54 Å². The largest absolute Gasteiger partial charge is 0.497 e. The van der Waals surface area contributed by atoms with Gasteiger partial charge in [0.05, 0.1) is 7.11 Å². The third-order valence-corrected chi connectivity index (χ3v) is 3.19. The van der Waals surface area contributed by atoms with Crippen molar-refractivity contribution in [1.29, 1.82) is 0 Å². The van der Waals surface area contributed by atoms with Crippen LogP contribution < -0.4 is 10.1 Å². The van der Waals surface area contributed by atoms with E-state index < -0.39 is 0 Å². The van der Waals surface area contributed by atoms with Crippen LogP contribution in [0.25, 0.3) is 11.4 Å². The molecule has 1 amide bonds. The average Bonchev–Trinajstić information content (AvgIpc) is 3.04. The second-order valence-electron chi connectivity index (χ2n) is 4.93. The van der Waals surface area contributed by atoms with Gasteiger partial charge in [0.15, 0.2) is 0 Å². The molecular weight excluding hydrogens is 313 g/mol. The lowest BCUT2D eigenvalue weighted by Gasteiger charge is -2.06. The third-order valence-electron chi connectivity index (χ3n) is 3.19. The van der Waals surface area contributed by atoms with Crippen LogP contribution in [0.3, 0.4) is 0 Å². The normalized spacial score (nSPS) is 10.4. The van der Waals surface area contributed by atoms with Crippen LogP contribution >= 0.6 is 0 Å². The van der Waals surface area contributed by atoms with Gasteiger partial charge in [0, 0.05) is 17.3 Å². The Balaban J connectivity index is 1.65. The molecule has 0 saturated heterocycles. The second kappa shape index (κ2) is 6.86. The maximum absolute atomic E-state index is 12.9.